The van der Waals surface area contributed by atoms with Gasteiger partial charge in [0.2, 0.25) is 0 Å². The third-order valence-electron chi connectivity index (χ3n) is 2.44. The van der Waals surface area contributed by atoms with Crippen molar-refractivity contribution in [2.45, 2.75) is 12.8 Å². The summed E-state index contributed by atoms with van der Waals surface area (Å²) in [4.78, 5) is 21.0. The van der Waals surface area contributed by atoms with Crippen LogP contribution in [0.15, 0.2) is 0 Å². The van der Waals surface area contributed by atoms with Crippen molar-refractivity contribution < 1.29 is 14.7 Å². The third kappa shape index (κ3) is 1.64. The molecule has 4 heteroatoms. The van der Waals surface area contributed by atoms with E-state index < -0.39 is 5.97 Å². The first-order valence-corrected chi connectivity index (χ1v) is 3.97. The summed E-state index contributed by atoms with van der Waals surface area (Å²) >= 11 is 0. The van der Waals surface area contributed by atoms with Gasteiger partial charge in [0.1, 0.15) is 6.29 Å². The Morgan fingerprint density at radius 2 is 2.50 bits per heavy atom. The number of carboxylic acid groups (broad SMARTS) is 1. The Morgan fingerprint density at radius 3 is 2.92 bits per heavy atom. The highest BCUT2D eigenvalue weighted by Gasteiger charge is 2.54. The van der Waals surface area contributed by atoms with Crippen LogP contribution in [0.2, 0.25) is 0 Å². The van der Waals surface area contributed by atoms with Crippen LogP contribution in [0.5, 0.6) is 0 Å². The van der Waals surface area contributed by atoms with Crippen molar-refractivity contribution in [3.8, 4) is 0 Å². The van der Waals surface area contributed by atoms with Crippen LogP contribution < -0.4 is 5.32 Å². The van der Waals surface area contributed by atoms with E-state index in [1.165, 1.54) is 0 Å². The molecule has 0 aliphatic heterocycles. The number of hydrogen-bond acceptors (Lipinski definition) is 3. The summed E-state index contributed by atoms with van der Waals surface area (Å²) in [5.41, 5.74) is -0.382. The van der Waals surface area contributed by atoms with Crippen LogP contribution >= 0.6 is 0 Å². The summed E-state index contributed by atoms with van der Waals surface area (Å²) in [6.07, 6.45) is 1.71. The number of hydrogen-bond donors (Lipinski definition) is 2. The molecule has 2 N–H and O–H groups in total. The van der Waals surface area contributed by atoms with Gasteiger partial charge in [-0.15, -0.1) is 0 Å². The second-order valence-electron chi connectivity index (χ2n) is 3.38. The summed E-state index contributed by atoms with van der Waals surface area (Å²) in [5.74, 6) is -0.778. The molecule has 1 aliphatic rings. The highest BCUT2D eigenvalue weighted by molar-refractivity contribution is 5.72. The molecule has 68 valence electrons. The highest BCUT2D eigenvalue weighted by atomic mass is 16.4. The van der Waals surface area contributed by atoms with Gasteiger partial charge in [-0.1, -0.05) is 0 Å². The van der Waals surface area contributed by atoms with E-state index in [-0.39, 0.29) is 17.8 Å². The van der Waals surface area contributed by atoms with Crippen molar-refractivity contribution in [3.05, 3.63) is 0 Å². The van der Waals surface area contributed by atoms with E-state index >= 15 is 0 Å². The molecular formula is C8H13NO3. The van der Waals surface area contributed by atoms with E-state index in [4.69, 9.17) is 5.11 Å². The fraction of sp³-hybridized carbons (Fsp3) is 0.750. The Bertz CT molecular complexity index is 204. The molecule has 1 saturated carbocycles. The molecule has 4 nitrogen and oxygen atoms in total. The third-order valence-corrected chi connectivity index (χ3v) is 2.44. The maximum Gasteiger partial charge on any atom is 0.303 e. The number of carboxylic acids is 1. The average molecular weight is 171 g/mol. The predicted molar refractivity (Wildman–Crippen MR) is 42.8 cm³/mol. The normalized spacial score (nSPS) is 32.9. The van der Waals surface area contributed by atoms with Gasteiger partial charge in [-0.25, -0.2) is 0 Å². The molecule has 2 unspecified atom stereocenters. The second-order valence-corrected chi connectivity index (χ2v) is 3.38. The van der Waals surface area contributed by atoms with Crippen LogP contribution in [-0.4, -0.2) is 31.0 Å². The monoisotopic (exact) mass is 171 g/mol. The van der Waals surface area contributed by atoms with Crippen molar-refractivity contribution in [2.24, 2.45) is 11.3 Å². The molecular weight excluding hydrogens is 158 g/mol. The molecule has 0 spiro atoms. The fourth-order valence-electron chi connectivity index (χ4n) is 1.62. The van der Waals surface area contributed by atoms with Gasteiger partial charge in [0.05, 0.1) is 0 Å². The zero-order valence-corrected chi connectivity index (χ0v) is 7.04. The van der Waals surface area contributed by atoms with E-state index in [2.05, 4.69) is 5.32 Å². The molecule has 12 heavy (non-hydrogen) atoms. The topological polar surface area (TPSA) is 66.4 Å². The van der Waals surface area contributed by atoms with Crippen LogP contribution in [0.25, 0.3) is 0 Å². The number of nitrogens with one attached hydrogen (secondary N) is 1. The van der Waals surface area contributed by atoms with Gasteiger partial charge in [0, 0.05) is 18.4 Å². The molecule has 1 rings (SSSR count). The summed E-state index contributed by atoms with van der Waals surface area (Å²) in [7, 11) is 1.77. The number of aliphatic carboxylic acids is 1. The molecule has 1 aliphatic carbocycles. The fourth-order valence-corrected chi connectivity index (χ4v) is 1.62. The first-order valence-electron chi connectivity index (χ1n) is 3.97. The Morgan fingerprint density at radius 1 is 1.83 bits per heavy atom. The maximum absolute atomic E-state index is 10.6. The van der Waals surface area contributed by atoms with Crippen LogP contribution in [0, 0.1) is 11.3 Å². The first-order chi connectivity index (χ1) is 5.64. The van der Waals surface area contributed by atoms with Gasteiger partial charge in [-0.3, -0.25) is 4.79 Å². The summed E-state index contributed by atoms with van der Waals surface area (Å²) < 4.78 is 0. The van der Waals surface area contributed by atoms with Gasteiger partial charge in [0.25, 0.3) is 0 Å². The zero-order chi connectivity index (χ0) is 9.19. The summed E-state index contributed by atoms with van der Waals surface area (Å²) in [6.45, 7) is 0.592. The van der Waals surface area contributed by atoms with Gasteiger partial charge in [-0.05, 0) is 19.4 Å². The molecule has 0 aromatic heterocycles. The van der Waals surface area contributed by atoms with E-state index in [0.717, 1.165) is 6.29 Å². The van der Waals surface area contributed by atoms with E-state index in [0.29, 0.717) is 13.0 Å². The van der Waals surface area contributed by atoms with Crippen molar-refractivity contribution in [1.29, 1.82) is 0 Å². The van der Waals surface area contributed by atoms with Gasteiger partial charge >= 0.3 is 5.97 Å². The smallest absolute Gasteiger partial charge is 0.303 e. The molecule has 0 heterocycles. The van der Waals surface area contributed by atoms with Crippen molar-refractivity contribution in [3.63, 3.8) is 0 Å². The Hall–Kier alpha value is -0.900. The maximum atomic E-state index is 10.6. The quantitative estimate of drug-likeness (QED) is 0.566. The van der Waals surface area contributed by atoms with Crippen LogP contribution in [0.4, 0.5) is 0 Å². The lowest BCUT2D eigenvalue weighted by Crippen LogP contribution is -2.23. The molecule has 0 bridgehead atoms. The molecule has 0 amide bonds. The number of carbonyl (C=O) groups excluding carboxylic acids is 1. The molecule has 2 atom stereocenters. The standard InChI is InChI=1S/C8H13NO3/c1-9-4-8(5-10)3-6(8)2-7(11)12/h5-6,9H,2-4H2,1H3,(H,11,12). The highest BCUT2D eigenvalue weighted by Crippen LogP contribution is 2.52. The molecule has 0 radical (unpaired) electrons. The lowest BCUT2D eigenvalue weighted by Gasteiger charge is -2.06. The number of carbonyl (C=O) groups is 2. The van der Waals surface area contributed by atoms with Crippen molar-refractivity contribution >= 4 is 12.3 Å². The molecule has 1 fully saturated rings. The van der Waals surface area contributed by atoms with Crippen LogP contribution in [0.3, 0.4) is 0 Å². The Labute approximate surface area is 71.0 Å². The van der Waals surface area contributed by atoms with Gasteiger partial charge in [-0.2, -0.15) is 0 Å². The van der Waals surface area contributed by atoms with E-state index in [1.807, 2.05) is 0 Å². The minimum atomic E-state index is -0.820. The minimum absolute atomic E-state index is 0.0416. The average Bonchev–Trinajstić information content (AvgIpc) is 2.64. The van der Waals surface area contributed by atoms with Crippen LogP contribution in [0.1, 0.15) is 12.8 Å². The van der Waals surface area contributed by atoms with Crippen molar-refractivity contribution in [1.82, 2.24) is 5.32 Å². The summed E-state index contributed by atoms with van der Waals surface area (Å²) in [5, 5.41) is 11.4. The Balaban J connectivity index is 2.43. The van der Waals surface area contributed by atoms with E-state index in [9.17, 15) is 9.59 Å². The van der Waals surface area contributed by atoms with Gasteiger partial charge in [0.15, 0.2) is 0 Å². The number of rotatable bonds is 5. The van der Waals surface area contributed by atoms with Crippen LogP contribution in [-0.2, 0) is 9.59 Å². The first kappa shape index (κ1) is 9.19. The van der Waals surface area contributed by atoms with Gasteiger partial charge < -0.3 is 15.2 Å². The minimum Gasteiger partial charge on any atom is -0.481 e. The largest absolute Gasteiger partial charge is 0.481 e. The summed E-state index contributed by atoms with van der Waals surface area (Å²) in [6, 6.07) is 0. The predicted octanol–water partition coefficient (Wildman–Crippen LogP) is -0.114. The lowest BCUT2D eigenvalue weighted by atomic mass is 10.0. The molecule has 0 aromatic carbocycles. The lowest BCUT2D eigenvalue weighted by molar-refractivity contribution is -0.137. The second kappa shape index (κ2) is 3.23. The number of aldehydes is 1. The molecule has 0 aromatic rings. The SMILES string of the molecule is CNCC1(C=O)CC1CC(=O)O. The molecule has 0 saturated heterocycles. The van der Waals surface area contributed by atoms with Crippen molar-refractivity contribution in [2.75, 3.05) is 13.6 Å². The zero-order valence-electron chi connectivity index (χ0n) is 7.04. The Kier molecular flexibility index (Phi) is 2.47. The van der Waals surface area contributed by atoms with E-state index in [1.54, 1.807) is 7.05 Å².